The summed E-state index contributed by atoms with van der Waals surface area (Å²) in [7, 11) is 0. The number of anilines is 1. The third-order valence-corrected chi connectivity index (χ3v) is 8.38. The number of ketones is 1. The second kappa shape index (κ2) is 10.8. The molecule has 0 spiro atoms. The second-order valence-corrected chi connectivity index (χ2v) is 11.1. The molecule has 1 saturated carbocycles. The standard InChI is InChI=1S/C27H28N2O5S2/c1-17(30)20-14-22-23(34-16-33-22)15-21(20)29(25(31)13-19-9-5-11-35-19)26(24-10-6-12-36-24)27(32)28-18-7-3-2-4-8-18/h5-6,9-12,14-15,18,26H,2-4,7-8,13,16H2,1H3,(H,28,32). The quantitative estimate of drug-likeness (QED) is 0.393. The molecule has 1 aliphatic carbocycles. The SMILES string of the molecule is CC(=O)c1cc2c(cc1N(C(=O)Cc1cccs1)C(C(=O)NC1CCCCC1)c1cccs1)OCO2. The third kappa shape index (κ3) is 5.17. The van der Waals surface area contributed by atoms with Crippen LogP contribution in [0, 0.1) is 0 Å². The first-order valence-electron chi connectivity index (χ1n) is 12.1. The molecule has 3 aromatic rings. The highest BCUT2D eigenvalue weighted by atomic mass is 32.1. The second-order valence-electron chi connectivity index (χ2n) is 9.06. The average Bonchev–Trinajstić information content (AvgIpc) is 3.65. The number of carbonyl (C=O) groups excluding carboxylic acids is 3. The van der Waals surface area contributed by atoms with Gasteiger partial charge in [0.2, 0.25) is 18.6 Å². The van der Waals surface area contributed by atoms with Crippen LogP contribution in [-0.2, 0) is 16.0 Å². The first-order chi connectivity index (χ1) is 17.5. The van der Waals surface area contributed by atoms with E-state index in [1.807, 2.05) is 35.0 Å². The Kier molecular flexibility index (Phi) is 7.38. The third-order valence-electron chi connectivity index (χ3n) is 6.57. The summed E-state index contributed by atoms with van der Waals surface area (Å²) in [5.74, 6) is 0.164. The lowest BCUT2D eigenvalue weighted by Crippen LogP contribution is -2.47. The van der Waals surface area contributed by atoms with Crippen LogP contribution < -0.4 is 19.7 Å². The van der Waals surface area contributed by atoms with Gasteiger partial charge >= 0.3 is 0 Å². The molecule has 1 aromatic carbocycles. The minimum Gasteiger partial charge on any atom is -0.454 e. The first-order valence-corrected chi connectivity index (χ1v) is 13.9. The average molecular weight is 525 g/mol. The summed E-state index contributed by atoms with van der Waals surface area (Å²) in [6, 6.07) is 9.94. The molecule has 0 radical (unpaired) electrons. The van der Waals surface area contributed by atoms with Crippen molar-refractivity contribution in [1.82, 2.24) is 5.32 Å². The molecule has 0 saturated heterocycles. The van der Waals surface area contributed by atoms with Crippen molar-refractivity contribution in [3.8, 4) is 11.5 Å². The van der Waals surface area contributed by atoms with Crippen LogP contribution in [0.4, 0.5) is 5.69 Å². The zero-order chi connectivity index (χ0) is 25.1. The molecule has 5 rings (SSSR count). The maximum absolute atomic E-state index is 14.0. The van der Waals surface area contributed by atoms with E-state index in [9.17, 15) is 14.4 Å². The normalized spacial score (nSPS) is 15.9. The highest BCUT2D eigenvalue weighted by Crippen LogP contribution is 2.42. The summed E-state index contributed by atoms with van der Waals surface area (Å²) in [5.41, 5.74) is 0.663. The van der Waals surface area contributed by atoms with E-state index in [1.165, 1.54) is 40.9 Å². The van der Waals surface area contributed by atoms with Crippen LogP contribution in [0.25, 0.3) is 0 Å². The number of ether oxygens (including phenoxy) is 2. The van der Waals surface area contributed by atoms with Gasteiger partial charge in [-0.25, -0.2) is 0 Å². The van der Waals surface area contributed by atoms with Gasteiger partial charge in [0.1, 0.15) is 6.04 Å². The van der Waals surface area contributed by atoms with Crippen LogP contribution in [0.1, 0.15) is 65.2 Å². The van der Waals surface area contributed by atoms with Crippen molar-refractivity contribution in [2.75, 3.05) is 11.7 Å². The maximum atomic E-state index is 14.0. The molecule has 3 heterocycles. The van der Waals surface area contributed by atoms with Crippen LogP contribution in [0.15, 0.2) is 47.2 Å². The first kappa shape index (κ1) is 24.5. The maximum Gasteiger partial charge on any atom is 0.248 e. The van der Waals surface area contributed by atoms with Crippen molar-refractivity contribution in [3.63, 3.8) is 0 Å². The fraction of sp³-hybridized carbons (Fsp3) is 0.370. The van der Waals surface area contributed by atoms with Gasteiger partial charge < -0.3 is 14.8 Å². The lowest BCUT2D eigenvalue weighted by atomic mass is 9.95. The number of Topliss-reactive ketones (excluding diaryl/α,β-unsaturated/α-hetero) is 1. The molecule has 1 atom stereocenters. The molecule has 2 aromatic heterocycles. The zero-order valence-electron chi connectivity index (χ0n) is 20.0. The molecule has 1 fully saturated rings. The summed E-state index contributed by atoms with van der Waals surface area (Å²) in [4.78, 5) is 43.8. The fourth-order valence-corrected chi connectivity index (χ4v) is 6.33. The van der Waals surface area contributed by atoms with Crippen molar-refractivity contribution in [2.24, 2.45) is 0 Å². The summed E-state index contributed by atoms with van der Waals surface area (Å²) < 4.78 is 11.1. The molecular weight excluding hydrogens is 496 g/mol. The summed E-state index contributed by atoms with van der Waals surface area (Å²) in [5, 5.41) is 7.02. The molecule has 2 amide bonds. The Labute approximate surface area is 218 Å². The highest BCUT2D eigenvalue weighted by Gasteiger charge is 2.37. The van der Waals surface area contributed by atoms with Gasteiger partial charge in [-0.05, 0) is 48.7 Å². The van der Waals surface area contributed by atoms with Gasteiger partial charge in [-0.2, -0.15) is 0 Å². The number of amides is 2. The molecule has 0 bridgehead atoms. The van der Waals surface area contributed by atoms with Crippen LogP contribution >= 0.6 is 22.7 Å². The monoisotopic (exact) mass is 524 g/mol. The number of hydrogen-bond donors (Lipinski definition) is 1. The van der Waals surface area contributed by atoms with Crippen LogP contribution in [0.2, 0.25) is 0 Å². The Balaban J connectivity index is 1.61. The number of rotatable bonds is 8. The highest BCUT2D eigenvalue weighted by molar-refractivity contribution is 7.10. The molecule has 1 aliphatic heterocycles. The Morgan fingerprint density at radius 1 is 1.03 bits per heavy atom. The Bertz CT molecular complexity index is 1230. The van der Waals surface area contributed by atoms with Crippen molar-refractivity contribution < 1.29 is 23.9 Å². The molecule has 1 unspecified atom stereocenters. The van der Waals surface area contributed by atoms with Crippen LogP contribution in [0.5, 0.6) is 11.5 Å². The smallest absolute Gasteiger partial charge is 0.248 e. The van der Waals surface area contributed by atoms with E-state index >= 15 is 0 Å². The number of fused-ring (bicyclic) bond motifs is 1. The molecule has 7 nitrogen and oxygen atoms in total. The Hall–Kier alpha value is -3.17. The zero-order valence-corrected chi connectivity index (χ0v) is 21.7. The van der Waals surface area contributed by atoms with Crippen molar-refractivity contribution >= 4 is 46.0 Å². The van der Waals surface area contributed by atoms with Crippen LogP contribution in [-0.4, -0.2) is 30.4 Å². The summed E-state index contributed by atoms with van der Waals surface area (Å²) in [6.07, 6.45) is 5.29. The predicted molar refractivity (Wildman–Crippen MR) is 140 cm³/mol. The summed E-state index contributed by atoms with van der Waals surface area (Å²) in [6.45, 7) is 1.49. The molecular formula is C27H28N2O5S2. The van der Waals surface area contributed by atoms with E-state index in [1.54, 1.807) is 12.1 Å². The van der Waals surface area contributed by atoms with E-state index in [-0.39, 0.29) is 36.9 Å². The fourth-order valence-electron chi connectivity index (χ4n) is 4.82. The lowest BCUT2D eigenvalue weighted by Gasteiger charge is -2.33. The predicted octanol–water partition coefficient (Wildman–Crippen LogP) is 5.51. The van der Waals surface area contributed by atoms with E-state index in [4.69, 9.17) is 9.47 Å². The number of benzene rings is 1. The molecule has 1 N–H and O–H groups in total. The van der Waals surface area contributed by atoms with Crippen molar-refractivity contribution in [2.45, 2.75) is 57.5 Å². The van der Waals surface area contributed by atoms with Crippen LogP contribution in [0.3, 0.4) is 0 Å². The summed E-state index contributed by atoms with van der Waals surface area (Å²) >= 11 is 2.90. The molecule has 2 aliphatic rings. The van der Waals surface area contributed by atoms with Gasteiger partial charge in [-0.1, -0.05) is 31.4 Å². The topological polar surface area (TPSA) is 84.9 Å². The Morgan fingerprint density at radius 3 is 2.42 bits per heavy atom. The minimum atomic E-state index is -0.919. The number of hydrogen-bond acceptors (Lipinski definition) is 7. The van der Waals surface area contributed by atoms with Gasteiger partial charge in [0.25, 0.3) is 0 Å². The molecule has 9 heteroatoms. The largest absolute Gasteiger partial charge is 0.454 e. The molecule has 188 valence electrons. The minimum absolute atomic E-state index is 0.0375. The van der Waals surface area contributed by atoms with Gasteiger partial charge in [0.05, 0.1) is 12.1 Å². The number of nitrogens with zero attached hydrogens (tertiary/aromatic N) is 1. The van der Waals surface area contributed by atoms with E-state index in [0.29, 0.717) is 22.7 Å². The van der Waals surface area contributed by atoms with E-state index in [0.717, 1.165) is 35.4 Å². The van der Waals surface area contributed by atoms with E-state index < -0.39 is 6.04 Å². The number of carbonyl (C=O) groups is 3. The Morgan fingerprint density at radius 2 is 1.75 bits per heavy atom. The van der Waals surface area contributed by atoms with Crippen molar-refractivity contribution in [1.29, 1.82) is 0 Å². The van der Waals surface area contributed by atoms with Gasteiger partial charge in [0.15, 0.2) is 17.3 Å². The van der Waals surface area contributed by atoms with Gasteiger partial charge in [0, 0.05) is 27.4 Å². The van der Waals surface area contributed by atoms with Gasteiger partial charge in [-0.15, -0.1) is 22.7 Å². The lowest BCUT2D eigenvalue weighted by molar-refractivity contribution is -0.127. The van der Waals surface area contributed by atoms with E-state index in [2.05, 4.69) is 5.32 Å². The molecule has 36 heavy (non-hydrogen) atoms. The van der Waals surface area contributed by atoms with Gasteiger partial charge in [-0.3, -0.25) is 19.3 Å². The number of thiophene rings is 2. The number of nitrogens with one attached hydrogen (secondary N) is 1. The van der Waals surface area contributed by atoms with Crippen molar-refractivity contribution in [3.05, 3.63) is 62.5 Å².